The molecule has 2 aromatic heterocycles. The molecule has 1 aliphatic rings. The summed E-state index contributed by atoms with van der Waals surface area (Å²) in [7, 11) is 0. The Morgan fingerprint density at radius 2 is 2.04 bits per heavy atom. The molecule has 1 saturated carbocycles. The normalized spacial score (nSPS) is 16.6. The van der Waals surface area contributed by atoms with E-state index in [1.807, 2.05) is 36.4 Å². The zero-order valence-electron chi connectivity index (χ0n) is 13.4. The van der Waals surface area contributed by atoms with Crippen LogP contribution >= 0.6 is 11.3 Å². The Bertz CT molecular complexity index is 935. The molecule has 0 saturated heterocycles. The Kier molecular flexibility index (Phi) is 4.26. The Hall–Kier alpha value is -2.27. The van der Waals surface area contributed by atoms with Crippen molar-refractivity contribution in [2.75, 3.05) is 0 Å². The first-order chi connectivity index (χ1) is 11.8. The van der Waals surface area contributed by atoms with Crippen molar-refractivity contribution in [3.05, 3.63) is 59.2 Å². The minimum absolute atomic E-state index is 0.0412. The van der Waals surface area contributed by atoms with Crippen molar-refractivity contribution >= 4 is 27.5 Å². The van der Waals surface area contributed by atoms with Gasteiger partial charge in [-0.2, -0.15) is 0 Å². The second-order valence-electron chi connectivity index (χ2n) is 6.19. The van der Waals surface area contributed by atoms with E-state index in [1.54, 1.807) is 27.6 Å². The Balaban J connectivity index is 1.72. The number of thiazole rings is 1. The van der Waals surface area contributed by atoms with E-state index in [-0.39, 0.29) is 5.91 Å². The quantitative estimate of drug-likeness (QED) is 0.709. The van der Waals surface area contributed by atoms with Crippen molar-refractivity contribution in [2.24, 2.45) is 4.99 Å². The van der Waals surface area contributed by atoms with Gasteiger partial charge in [-0.1, -0.05) is 25.3 Å². The van der Waals surface area contributed by atoms with Crippen LogP contribution in [0.1, 0.15) is 42.5 Å². The van der Waals surface area contributed by atoms with Gasteiger partial charge in [0.1, 0.15) is 5.49 Å². The molecule has 2 heterocycles. The second kappa shape index (κ2) is 6.69. The molecule has 3 aromatic rings. The van der Waals surface area contributed by atoms with Crippen molar-refractivity contribution < 1.29 is 4.79 Å². The van der Waals surface area contributed by atoms with Crippen LogP contribution in [-0.2, 0) is 0 Å². The van der Waals surface area contributed by atoms with Crippen LogP contribution in [-0.4, -0.2) is 21.5 Å². The molecule has 4 nitrogen and oxygen atoms in total. The summed E-state index contributed by atoms with van der Waals surface area (Å²) in [5.74, 6) is -0.0412. The van der Waals surface area contributed by atoms with Crippen LogP contribution in [0.25, 0.3) is 10.2 Å². The number of fused-ring (bicyclic) bond motifs is 1. The summed E-state index contributed by atoms with van der Waals surface area (Å²) in [5.41, 5.74) is 4.15. The van der Waals surface area contributed by atoms with Crippen LogP contribution in [0.4, 0.5) is 0 Å². The Morgan fingerprint density at radius 1 is 1.17 bits per heavy atom. The molecule has 5 heteroatoms. The maximum atomic E-state index is 13.0. The molecule has 0 spiro atoms. The number of hydrogen-bond acceptors (Lipinski definition) is 4. The van der Waals surface area contributed by atoms with E-state index in [4.69, 9.17) is 4.99 Å². The van der Waals surface area contributed by atoms with E-state index in [0.29, 0.717) is 11.6 Å². The standard InChI is InChI=1S/C19H19N3OS/c23-19(14-9-10-16-17(12-14)24-13-20-16)22-11-5-4-8-18(22)21-15-6-2-1-3-7-15/h4-5,8-13,15H,1-3,6-7H2. The molecule has 0 N–H and O–H groups in total. The minimum Gasteiger partial charge on any atom is -0.268 e. The molecule has 1 fully saturated rings. The highest BCUT2D eigenvalue weighted by Gasteiger charge is 2.14. The summed E-state index contributed by atoms with van der Waals surface area (Å²) in [6, 6.07) is 11.7. The Morgan fingerprint density at radius 3 is 2.92 bits per heavy atom. The SMILES string of the molecule is O=C(c1ccc2ncsc2c1)n1ccccc1=NC1CCCCC1. The lowest BCUT2D eigenvalue weighted by atomic mass is 9.96. The molecular weight excluding hydrogens is 318 g/mol. The number of pyridine rings is 1. The summed E-state index contributed by atoms with van der Waals surface area (Å²) in [6.45, 7) is 0. The molecule has 24 heavy (non-hydrogen) atoms. The van der Waals surface area contributed by atoms with Crippen LogP contribution in [0.2, 0.25) is 0 Å². The highest BCUT2D eigenvalue weighted by atomic mass is 32.1. The summed E-state index contributed by atoms with van der Waals surface area (Å²) >= 11 is 1.55. The summed E-state index contributed by atoms with van der Waals surface area (Å²) in [6.07, 6.45) is 7.81. The maximum absolute atomic E-state index is 13.0. The molecule has 122 valence electrons. The van der Waals surface area contributed by atoms with Gasteiger partial charge in [0.2, 0.25) is 0 Å². The van der Waals surface area contributed by atoms with Crippen LogP contribution in [0.15, 0.2) is 53.1 Å². The largest absolute Gasteiger partial charge is 0.268 e. The first-order valence-corrected chi connectivity index (χ1v) is 9.29. The first kappa shape index (κ1) is 15.3. The Labute approximate surface area is 144 Å². The van der Waals surface area contributed by atoms with Gasteiger partial charge in [-0.3, -0.25) is 14.4 Å². The zero-order valence-corrected chi connectivity index (χ0v) is 14.2. The van der Waals surface area contributed by atoms with Crippen LogP contribution in [0.3, 0.4) is 0 Å². The molecule has 0 aliphatic heterocycles. The summed E-state index contributed by atoms with van der Waals surface area (Å²) in [4.78, 5) is 22.1. The van der Waals surface area contributed by atoms with Crippen molar-refractivity contribution in [3.63, 3.8) is 0 Å². The molecule has 1 aliphatic carbocycles. The van der Waals surface area contributed by atoms with E-state index in [0.717, 1.165) is 28.5 Å². The van der Waals surface area contributed by atoms with Gasteiger partial charge in [0.15, 0.2) is 0 Å². The third kappa shape index (κ3) is 3.04. The maximum Gasteiger partial charge on any atom is 0.263 e. The third-order valence-electron chi connectivity index (χ3n) is 4.52. The molecule has 0 radical (unpaired) electrons. The molecule has 0 bridgehead atoms. The van der Waals surface area contributed by atoms with Gasteiger partial charge in [0, 0.05) is 11.8 Å². The van der Waals surface area contributed by atoms with Crippen molar-refractivity contribution in [3.8, 4) is 0 Å². The van der Waals surface area contributed by atoms with E-state index in [1.165, 1.54) is 19.3 Å². The molecule has 0 amide bonds. The zero-order chi connectivity index (χ0) is 16.4. The first-order valence-electron chi connectivity index (χ1n) is 8.41. The monoisotopic (exact) mass is 337 g/mol. The fraction of sp³-hybridized carbons (Fsp3) is 0.316. The number of rotatable bonds is 2. The topological polar surface area (TPSA) is 47.2 Å². The number of aromatic nitrogens is 2. The number of carbonyl (C=O) groups is 1. The highest BCUT2D eigenvalue weighted by molar-refractivity contribution is 7.16. The lowest BCUT2D eigenvalue weighted by Crippen LogP contribution is -2.29. The van der Waals surface area contributed by atoms with E-state index in [2.05, 4.69) is 4.98 Å². The van der Waals surface area contributed by atoms with E-state index in [9.17, 15) is 4.79 Å². The van der Waals surface area contributed by atoms with E-state index < -0.39 is 0 Å². The van der Waals surface area contributed by atoms with Gasteiger partial charge in [-0.25, -0.2) is 4.98 Å². The fourth-order valence-corrected chi connectivity index (χ4v) is 3.95. The number of nitrogens with zero attached hydrogens (tertiary/aromatic N) is 3. The van der Waals surface area contributed by atoms with Crippen molar-refractivity contribution in [1.29, 1.82) is 0 Å². The lowest BCUT2D eigenvalue weighted by molar-refractivity contribution is 0.0954. The van der Waals surface area contributed by atoms with Gasteiger partial charge in [0.25, 0.3) is 5.91 Å². The highest BCUT2D eigenvalue weighted by Crippen LogP contribution is 2.20. The van der Waals surface area contributed by atoms with E-state index >= 15 is 0 Å². The molecule has 1 aromatic carbocycles. The lowest BCUT2D eigenvalue weighted by Gasteiger charge is -2.17. The van der Waals surface area contributed by atoms with Gasteiger partial charge >= 0.3 is 0 Å². The van der Waals surface area contributed by atoms with Gasteiger partial charge in [0.05, 0.1) is 21.8 Å². The van der Waals surface area contributed by atoms with Crippen molar-refractivity contribution in [1.82, 2.24) is 9.55 Å². The number of hydrogen-bond donors (Lipinski definition) is 0. The molecule has 4 rings (SSSR count). The van der Waals surface area contributed by atoms with Crippen LogP contribution in [0, 0.1) is 0 Å². The van der Waals surface area contributed by atoms with Crippen molar-refractivity contribution in [2.45, 2.75) is 38.1 Å². The second-order valence-corrected chi connectivity index (χ2v) is 7.08. The molecular formula is C19H19N3OS. The number of carbonyl (C=O) groups excluding carboxylic acids is 1. The average Bonchev–Trinajstić information content (AvgIpc) is 3.10. The smallest absolute Gasteiger partial charge is 0.263 e. The summed E-state index contributed by atoms with van der Waals surface area (Å²) in [5, 5.41) is 0. The molecule has 0 unspecified atom stereocenters. The van der Waals surface area contributed by atoms with Gasteiger partial charge < -0.3 is 0 Å². The van der Waals surface area contributed by atoms with Crippen LogP contribution < -0.4 is 5.49 Å². The third-order valence-corrected chi connectivity index (χ3v) is 5.32. The predicted molar refractivity (Wildman–Crippen MR) is 96.2 cm³/mol. The van der Waals surface area contributed by atoms with Crippen LogP contribution in [0.5, 0.6) is 0 Å². The molecule has 0 atom stereocenters. The minimum atomic E-state index is -0.0412. The average molecular weight is 337 g/mol. The summed E-state index contributed by atoms with van der Waals surface area (Å²) < 4.78 is 2.69. The van der Waals surface area contributed by atoms with Gasteiger partial charge in [-0.05, 0) is 43.2 Å². The fourth-order valence-electron chi connectivity index (χ4n) is 3.24. The number of benzene rings is 1. The predicted octanol–water partition coefficient (Wildman–Crippen LogP) is 4.02. The van der Waals surface area contributed by atoms with Gasteiger partial charge in [-0.15, -0.1) is 11.3 Å².